The number of benzene rings is 2. The highest BCUT2D eigenvalue weighted by atomic mass is 19.2. The minimum absolute atomic E-state index is 0.0374. The molecule has 49 heavy (non-hydrogen) atoms. The van der Waals surface area contributed by atoms with Crippen LogP contribution >= 0.6 is 0 Å². The molecule has 14 heteroatoms. The zero-order valence-electron chi connectivity index (χ0n) is 27.5. The largest absolute Gasteiger partial charge is 0.494 e. The maximum atomic E-state index is 14.7. The molecule has 4 heterocycles. The molecule has 3 aliphatic heterocycles. The van der Waals surface area contributed by atoms with Crippen LogP contribution in [0, 0.1) is 17.5 Å². The quantitative estimate of drug-likeness (QED) is 0.214. The van der Waals surface area contributed by atoms with E-state index in [4.69, 9.17) is 9.57 Å². The fourth-order valence-electron chi connectivity index (χ4n) is 7.21. The van der Waals surface area contributed by atoms with E-state index < -0.39 is 23.5 Å². The molecule has 1 aliphatic carbocycles. The summed E-state index contributed by atoms with van der Waals surface area (Å²) in [5.41, 5.74) is 1.93. The lowest BCUT2D eigenvalue weighted by Gasteiger charge is -2.43. The number of piperidine rings is 1. The van der Waals surface area contributed by atoms with Gasteiger partial charge in [0.15, 0.2) is 23.3 Å². The summed E-state index contributed by atoms with van der Waals surface area (Å²) in [5, 5.41) is 7.58. The second-order valence-electron chi connectivity index (χ2n) is 12.9. The van der Waals surface area contributed by atoms with Crippen LogP contribution in [0.1, 0.15) is 43.7 Å². The number of carbonyl (C=O) groups is 1. The lowest BCUT2D eigenvalue weighted by atomic mass is 10.0. The Labute approximate surface area is 283 Å². The third-order valence-electron chi connectivity index (χ3n) is 9.96. The Morgan fingerprint density at radius 1 is 0.918 bits per heavy atom. The first-order valence-electron chi connectivity index (χ1n) is 16.9. The number of rotatable bonds is 10. The number of methoxy groups -OCH3 is 1. The lowest BCUT2D eigenvalue weighted by molar-refractivity contribution is -0.111. The number of ether oxygens (including phenoxy) is 1. The Kier molecular flexibility index (Phi) is 9.61. The number of hydrogen-bond donors (Lipinski definition) is 2. The number of hydroxylamine groups is 1. The Balaban J connectivity index is 1.09. The number of amides is 1. The first-order valence-corrected chi connectivity index (χ1v) is 16.9. The van der Waals surface area contributed by atoms with Crippen LogP contribution in [0.5, 0.6) is 5.75 Å². The molecule has 260 valence electrons. The lowest BCUT2D eigenvalue weighted by Crippen LogP contribution is -2.53. The third-order valence-corrected chi connectivity index (χ3v) is 9.96. The van der Waals surface area contributed by atoms with Gasteiger partial charge in [0.05, 0.1) is 36.8 Å². The number of hydrogen-bond acceptors (Lipinski definition) is 10. The Morgan fingerprint density at radius 2 is 1.63 bits per heavy atom. The van der Waals surface area contributed by atoms with Crippen molar-refractivity contribution in [3.63, 3.8) is 0 Å². The second-order valence-corrected chi connectivity index (χ2v) is 12.9. The van der Waals surface area contributed by atoms with Crippen LogP contribution in [-0.2, 0) is 9.63 Å². The summed E-state index contributed by atoms with van der Waals surface area (Å²) in [6.07, 6.45) is 7.63. The fourth-order valence-corrected chi connectivity index (χ4v) is 7.21. The Hall–Kier alpha value is -4.40. The van der Waals surface area contributed by atoms with Crippen molar-refractivity contribution in [2.45, 2.75) is 50.2 Å². The van der Waals surface area contributed by atoms with Crippen LogP contribution in [0.15, 0.2) is 49.3 Å². The van der Waals surface area contributed by atoms with Gasteiger partial charge in [-0.1, -0.05) is 12.6 Å². The van der Waals surface area contributed by atoms with E-state index in [9.17, 15) is 18.0 Å². The van der Waals surface area contributed by atoms with Gasteiger partial charge < -0.3 is 20.3 Å². The van der Waals surface area contributed by atoms with E-state index in [0.29, 0.717) is 35.4 Å². The Morgan fingerprint density at radius 3 is 2.31 bits per heavy atom. The summed E-state index contributed by atoms with van der Waals surface area (Å²) in [6, 6.07) is 8.03. The van der Waals surface area contributed by atoms with Gasteiger partial charge in [0.1, 0.15) is 17.9 Å². The molecular formula is C35H41F3N8O3. The van der Waals surface area contributed by atoms with Gasteiger partial charge in [0.2, 0.25) is 5.91 Å². The zero-order valence-corrected chi connectivity index (χ0v) is 27.5. The Bertz CT molecular complexity index is 1690. The number of carbonyl (C=O) groups excluding carboxylic acids is 1. The summed E-state index contributed by atoms with van der Waals surface area (Å²) < 4.78 is 48.2. The highest BCUT2D eigenvalue weighted by Crippen LogP contribution is 2.41. The molecule has 1 atom stereocenters. The number of nitrogens with one attached hydrogen (secondary N) is 2. The van der Waals surface area contributed by atoms with Gasteiger partial charge in [0, 0.05) is 75.5 Å². The number of anilines is 5. The van der Waals surface area contributed by atoms with Crippen LogP contribution < -0.4 is 25.3 Å². The van der Waals surface area contributed by atoms with Gasteiger partial charge in [-0.25, -0.2) is 28.2 Å². The van der Waals surface area contributed by atoms with E-state index in [2.05, 4.69) is 41.9 Å². The van der Waals surface area contributed by atoms with Crippen molar-refractivity contribution in [3.8, 4) is 5.75 Å². The van der Waals surface area contributed by atoms with Gasteiger partial charge in [-0.15, -0.1) is 0 Å². The number of halogens is 3. The average Bonchev–Trinajstić information content (AvgIpc) is 3.87. The number of aromatic nitrogens is 2. The van der Waals surface area contributed by atoms with Gasteiger partial charge in [-0.05, 0) is 43.9 Å². The molecule has 4 fully saturated rings. The summed E-state index contributed by atoms with van der Waals surface area (Å²) >= 11 is 0. The molecule has 1 amide bonds. The molecule has 11 nitrogen and oxygen atoms in total. The topological polar surface area (TPSA) is 98.3 Å². The van der Waals surface area contributed by atoms with Gasteiger partial charge in [0.25, 0.3) is 0 Å². The first kappa shape index (κ1) is 33.1. The molecule has 0 bridgehead atoms. The standard InChI is InChI=1S/C35H41F3N8O3/c1-3-33(47)42-26-18-27(30(48-2)19-29(26)45-11-8-23(9-12-45)44-15-13-43(14-16-44)22-4-5-22)41-31-20-32(40-21-39-31)46-28(10-17-49-46)24-6-7-25(36)35(38)34(24)37/h3,6-7,18-23,28H,1,4-5,8-17H2,2H3,(H,42,47)(H,39,40,41). The first-order chi connectivity index (χ1) is 23.8. The minimum Gasteiger partial charge on any atom is -0.494 e. The van der Waals surface area contributed by atoms with Crippen LogP contribution in [0.4, 0.5) is 41.9 Å². The predicted octanol–water partition coefficient (Wildman–Crippen LogP) is 5.40. The van der Waals surface area contributed by atoms with Gasteiger partial charge >= 0.3 is 0 Å². The molecular weight excluding hydrogens is 637 g/mol. The molecule has 4 aliphatic rings. The van der Waals surface area contributed by atoms with Crippen molar-refractivity contribution in [2.24, 2.45) is 0 Å². The maximum Gasteiger partial charge on any atom is 0.247 e. The number of nitrogens with zero attached hydrogens (tertiary/aromatic N) is 6. The van der Waals surface area contributed by atoms with Gasteiger partial charge in [-0.3, -0.25) is 19.4 Å². The van der Waals surface area contributed by atoms with Crippen LogP contribution in [0.3, 0.4) is 0 Å². The van der Waals surface area contributed by atoms with Crippen molar-refractivity contribution in [1.82, 2.24) is 19.8 Å². The van der Waals surface area contributed by atoms with E-state index in [1.165, 1.54) is 36.4 Å². The zero-order chi connectivity index (χ0) is 34.1. The summed E-state index contributed by atoms with van der Waals surface area (Å²) in [4.78, 5) is 34.5. The van der Waals surface area contributed by atoms with E-state index >= 15 is 0 Å². The molecule has 1 saturated carbocycles. The monoisotopic (exact) mass is 678 g/mol. The van der Waals surface area contributed by atoms with Crippen molar-refractivity contribution >= 4 is 34.6 Å². The predicted molar refractivity (Wildman–Crippen MR) is 181 cm³/mol. The molecule has 1 unspecified atom stereocenters. The molecule has 0 radical (unpaired) electrons. The molecule has 2 aromatic carbocycles. The van der Waals surface area contributed by atoms with E-state index in [-0.39, 0.29) is 23.9 Å². The van der Waals surface area contributed by atoms with Gasteiger partial charge in [-0.2, -0.15) is 0 Å². The van der Waals surface area contributed by atoms with Crippen LogP contribution in [-0.4, -0.2) is 90.7 Å². The molecule has 1 aromatic heterocycles. The van der Waals surface area contributed by atoms with Crippen LogP contribution in [0.2, 0.25) is 0 Å². The molecule has 0 spiro atoms. The SMILES string of the molecule is C=CC(=O)Nc1cc(Nc2cc(N3OCCC3c3ccc(F)c(F)c3F)ncn2)c(OC)cc1N1CCC(N2CCN(C3CC3)CC2)CC1. The van der Waals surface area contributed by atoms with Crippen LogP contribution in [0.25, 0.3) is 0 Å². The average molecular weight is 679 g/mol. The summed E-state index contributed by atoms with van der Waals surface area (Å²) in [7, 11) is 1.57. The number of piperazine rings is 1. The van der Waals surface area contributed by atoms with Crippen molar-refractivity contribution in [2.75, 3.05) is 73.6 Å². The minimum atomic E-state index is -1.53. The molecule has 3 aromatic rings. The third kappa shape index (κ3) is 7.03. The molecule has 2 N–H and O–H groups in total. The highest BCUT2D eigenvalue weighted by Gasteiger charge is 2.35. The van der Waals surface area contributed by atoms with E-state index in [0.717, 1.165) is 69.9 Å². The smallest absolute Gasteiger partial charge is 0.247 e. The highest BCUT2D eigenvalue weighted by molar-refractivity contribution is 6.02. The summed E-state index contributed by atoms with van der Waals surface area (Å²) in [5.74, 6) is -3.21. The fraction of sp³-hybridized carbons (Fsp3) is 0.457. The molecule has 3 saturated heterocycles. The maximum absolute atomic E-state index is 14.7. The van der Waals surface area contributed by atoms with E-state index in [1.807, 2.05) is 6.07 Å². The van der Waals surface area contributed by atoms with E-state index in [1.54, 1.807) is 19.2 Å². The van der Waals surface area contributed by atoms with Crippen molar-refractivity contribution in [3.05, 3.63) is 72.3 Å². The molecule has 7 rings (SSSR count). The van der Waals surface area contributed by atoms with Crippen molar-refractivity contribution < 1.29 is 27.5 Å². The summed E-state index contributed by atoms with van der Waals surface area (Å²) in [6.45, 7) is 10.1. The second kappa shape index (κ2) is 14.2. The normalized spacial score (nSPS) is 20.8. The van der Waals surface area contributed by atoms with Crippen molar-refractivity contribution in [1.29, 1.82) is 0 Å².